The van der Waals surface area contributed by atoms with E-state index in [0.29, 0.717) is 6.54 Å². The van der Waals surface area contributed by atoms with Crippen molar-refractivity contribution in [2.24, 2.45) is 0 Å². The second kappa shape index (κ2) is 7.39. The molecule has 0 atom stereocenters. The molecule has 0 saturated carbocycles. The fourth-order valence-corrected chi connectivity index (χ4v) is 3.46. The largest absolute Gasteiger partial charge is 0.298 e. The van der Waals surface area contributed by atoms with Crippen LogP contribution in [0.5, 0.6) is 0 Å². The van der Waals surface area contributed by atoms with E-state index >= 15 is 0 Å². The molecule has 0 radical (unpaired) electrons. The van der Waals surface area contributed by atoms with E-state index in [4.69, 9.17) is 0 Å². The molecule has 0 spiro atoms. The molecule has 0 fully saturated rings. The van der Waals surface area contributed by atoms with Crippen LogP contribution in [0.1, 0.15) is 36.5 Å². The minimum absolute atomic E-state index is 0.101. The highest BCUT2D eigenvalue weighted by atomic mass is 32.2. The third-order valence-electron chi connectivity index (χ3n) is 3.82. The van der Waals surface area contributed by atoms with Gasteiger partial charge in [-0.15, -0.1) is 0 Å². The normalized spacial score (nSPS) is 12.3. The number of benzene rings is 2. The van der Waals surface area contributed by atoms with Gasteiger partial charge in [0, 0.05) is 16.9 Å². The Hall–Kier alpha value is -2.18. The molecule has 1 aliphatic heterocycles. The number of nitrogens with zero attached hydrogens (tertiary/aromatic N) is 1. The number of para-hydroxylation sites is 1. The van der Waals surface area contributed by atoms with E-state index in [1.165, 1.54) is 11.8 Å². The van der Waals surface area contributed by atoms with E-state index in [1.54, 1.807) is 0 Å². The monoisotopic (exact) mass is 321 g/mol. The molecule has 0 saturated heterocycles. The molecule has 0 bridgehead atoms. The Morgan fingerprint density at radius 3 is 2.61 bits per heavy atom. The number of anilines is 1. The lowest BCUT2D eigenvalue weighted by atomic mass is 10.0. The molecule has 3 rings (SSSR count). The molecule has 2 nitrogen and oxygen atoms in total. The molecule has 2 aromatic rings. The van der Waals surface area contributed by atoms with Crippen molar-refractivity contribution < 1.29 is 4.79 Å². The van der Waals surface area contributed by atoms with Crippen LogP contribution in [-0.4, -0.2) is 11.0 Å². The second-order valence-electron chi connectivity index (χ2n) is 5.48. The molecule has 1 heterocycles. The first-order chi connectivity index (χ1) is 11.3. The van der Waals surface area contributed by atoms with Gasteiger partial charge in [0.2, 0.25) is 0 Å². The highest BCUT2D eigenvalue weighted by molar-refractivity contribution is 8.13. The van der Waals surface area contributed by atoms with Crippen LogP contribution in [0.15, 0.2) is 48.5 Å². The Morgan fingerprint density at radius 2 is 1.78 bits per heavy atom. The van der Waals surface area contributed by atoms with Crippen molar-refractivity contribution in [3.05, 3.63) is 65.2 Å². The minimum atomic E-state index is 0.101. The van der Waals surface area contributed by atoms with Crippen molar-refractivity contribution in [2.45, 2.75) is 26.3 Å². The van der Waals surface area contributed by atoms with Crippen molar-refractivity contribution in [3.63, 3.8) is 0 Å². The Balaban J connectivity index is 1.99. The fourth-order valence-electron chi connectivity index (χ4n) is 2.53. The zero-order valence-corrected chi connectivity index (χ0v) is 14.0. The van der Waals surface area contributed by atoms with Gasteiger partial charge in [-0.25, -0.2) is 0 Å². The average molecular weight is 321 g/mol. The van der Waals surface area contributed by atoms with E-state index in [2.05, 4.69) is 24.8 Å². The summed E-state index contributed by atoms with van der Waals surface area (Å²) in [4.78, 5) is 14.6. The summed E-state index contributed by atoms with van der Waals surface area (Å²) in [7, 11) is 0. The maximum absolute atomic E-state index is 12.8. The third-order valence-corrected chi connectivity index (χ3v) is 4.78. The smallest absolute Gasteiger partial charge is 0.286 e. The van der Waals surface area contributed by atoms with Crippen LogP contribution in [0.3, 0.4) is 0 Å². The topological polar surface area (TPSA) is 20.3 Å². The Kier molecular flexibility index (Phi) is 5.05. The van der Waals surface area contributed by atoms with Crippen molar-refractivity contribution in [3.8, 4) is 11.8 Å². The summed E-state index contributed by atoms with van der Waals surface area (Å²) in [5.41, 5.74) is 3.91. The summed E-state index contributed by atoms with van der Waals surface area (Å²) in [6, 6.07) is 15.9. The molecule has 0 N–H and O–H groups in total. The molecule has 0 aromatic heterocycles. The Bertz CT molecular complexity index is 772. The summed E-state index contributed by atoms with van der Waals surface area (Å²) in [5.74, 6) is 7.32. The van der Waals surface area contributed by atoms with Gasteiger partial charge < -0.3 is 0 Å². The molecule has 1 amide bonds. The fraction of sp³-hybridized carbons (Fsp3) is 0.250. The van der Waals surface area contributed by atoms with Gasteiger partial charge in [0.1, 0.15) is 0 Å². The lowest BCUT2D eigenvalue weighted by Gasteiger charge is -2.25. The standard InChI is InChI=1S/C20H19NOS/c1-2-3-14-23-20(22)21-15-18-10-5-4-8-16(18)12-13-17-9-6-7-11-19(17)21/h4-11H,2-3,14-15H2,1H3. The van der Waals surface area contributed by atoms with Crippen LogP contribution >= 0.6 is 11.8 Å². The first kappa shape index (κ1) is 15.7. The number of hydrogen-bond acceptors (Lipinski definition) is 2. The second-order valence-corrected chi connectivity index (χ2v) is 6.52. The number of rotatable bonds is 3. The highest BCUT2D eigenvalue weighted by Crippen LogP contribution is 2.28. The van der Waals surface area contributed by atoms with Crippen molar-refractivity contribution >= 4 is 22.7 Å². The van der Waals surface area contributed by atoms with Crippen molar-refractivity contribution in [1.82, 2.24) is 0 Å². The summed E-state index contributed by atoms with van der Waals surface area (Å²) in [6.45, 7) is 2.71. The zero-order chi connectivity index (χ0) is 16.1. The van der Waals surface area contributed by atoms with E-state index in [0.717, 1.165) is 41.0 Å². The molecular weight excluding hydrogens is 302 g/mol. The summed E-state index contributed by atoms with van der Waals surface area (Å²) in [5, 5.41) is 0.101. The van der Waals surface area contributed by atoms with Gasteiger partial charge in [-0.1, -0.05) is 67.3 Å². The Labute approximate surface area is 141 Å². The van der Waals surface area contributed by atoms with E-state index in [-0.39, 0.29) is 5.24 Å². The predicted octanol–water partition coefficient (Wildman–Crippen LogP) is 5.06. The average Bonchev–Trinajstić information content (AvgIpc) is 2.57. The molecule has 3 heteroatoms. The van der Waals surface area contributed by atoms with Gasteiger partial charge in [-0.3, -0.25) is 9.69 Å². The number of thioether (sulfide) groups is 1. The van der Waals surface area contributed by atoms with Crippen molar-refractivity contribution in [2.75, 3.05) is 10.7 Å². The lowest BCUT2D eigenvalue weighted by molar-refractivity contribution is 0.265. The third kappa shape index (κ3) is 3.60. The molecule has 0 aliphatic carbocycles. The van der Waals surface area contributed by atoms with Gasteiger partial charge >= 0.3 is 0 Å². The van der Waals surface area contributed by atoms with Gasteiger partial charge in [0.05, 0.1) is 12.2 Å². The lowest BCUT2D eigenvalue weighted by Crippen LogP contribution is -2.28. The van der Waals surface area contributed by atoms with Crippen LogP contribution < -0.4 is 4.90 Å². The van der Waals surface area contributed by atoms with Crippen LogP contribution in [0.2, 0.25) is 0 Å². The number of fused-ring (bicyclic) bond motifs is 2. The summed E-state index contributed by atoms with van der Waals surface area (Å²) in [6.07, 6.45) is 2.16. The number of amides is 1. The number of carbonyl (C=O) groups is 1. The maximum atomic E-state index is 12.8. The molecule has 2 aromatic carbocycles. The maximum Gasteiger partial charge on any atom is 0.286 e. The summed E-state index contributed by atoms with van der Waals surface area (Å²) >= 11 is 1.40. The van der Waals surface area contributed by atoms with Gasteiger partial charge in [0.15, 0.2) is 0 Å². The predicted molar refractivity (Wildman–Crippen MR) is 97.8 cm³/mol. The van der Waals surface area contributed by atoms with Gasteiger partial charge in [0.25, 0.3) is 5.24 Å². The van der Waals surface area contributed by atoms with Crippen LogP contribution in [0.25, 0.3) is 0 Å². The SMILES string of the molecule is CCCCSC(=O)N1Cc2ccccc2C#Cc2ccccc21. The van der Waals surface area contributed by atoms with E-state index in [9.17, 15) is 4.79 Å². The van der Waals surface area contributed by atoms with Crippen LogP contribution in [-0.2, 0) is 6.54 Å². The highest BCUT2D eigenvalue weighted by Gasteiger charge is 2.21. The van der Waals surface area contributed by atoms with Crippen LogP contribution in [0, 0.1) is 11.8 Å². The van der Waals surface area contributed by atoms with Gasteiger partial charge in [-0.05, 0) is 30.2 Å². The number of hydrogen-bond donors (Lipinski definition) is 0. The van der Waals surface area contributed by atoms with E-state index < -0.39 is 0 Å². The quantitative estimate of drug-likeness (QED) is 0.582. The molecular formula is C20H19NOS. The molecule has 0 unspecified atom stereocenters. The van der Waals surface area contributed by atoms with E-state index in [1.807, 2.05) is 47.4 Å². The van der Waals surface area contributed by atoms with Crippen LogP contribution in [0.4, 0.5) is 10.5 Å². The molecule has 1 aliphatic rings. The number of unbranched alkanes of at least 4 members (excludes halogenated alkanes) is 1. The van der Waals surface area contributed by atoms with Gasteiger partial charge in [-0.2, -0.15) is 0 Å². The summed E-state index contributed by atoms with van der Waals surface area (Å²) < 4.78 is 0. The number of carbonyl (C=O) groups excluding carboxylic acids is 1. The van der Waals surface area contributed by atoms with Crippen molar-refractivity contribution in [1.29, 1.82) is 0 Å². The first-order valence-corrected chi connectivity index (χ1v) is 8.91. The Morgan fingerprint density at radius 1 is 1.09 bits per heavy atom. The first-order valence-electron chi connectivity index (χ1n) is 7.93. The molecule has 23 heavy (non-hydrogen) atoms. The zero-order valence-electron chi connectivity index (χ0n) is 13.2. The molecule has 116 valence electrons. The minimum Gasteiger partial charge on any atom is -0.298 e.